The van der Waals surface area contributed by atoms with E-state index < -0.39 is 15.6 Å². The number of anilines is 1. The molecule has 7 nitrogen and oxygen atoms in total. The maximum absolute atomic E-state index is 13.0. The summed E-state index contributed by atoms with van der Waals surface area (Å²) in [7, 11) is -3.58. The smallest absolute Gasteiger partial charge is 0.336 e. The van der Waals surface area contributed by atoms with Crippen molar-refractivity contribution in [2.75, 3.05) is 18.4 Å². The first kappa shape index (κ1) is 21.3. The van der Waals surface area contributed by atoms with Crippen molar-refractivity contribution in [3.63, 3.8) is 0 Å². The molecule has 31 heavy (non-hydrogen) atoms. The van der Waals surface area contributed by atoms with Gasteiger partial charge in [0.05, 0.1) is 4.90 Å². The van der Waals surface area contributed by atoms with E-state index in [2.05, 4.69) is 5.32 Å². The summed E-state index contributed by atoms with van der Waals surface area (Å²) >= 11 is 0. The summed E-state index contributed by atoms with van der Waals surface area (Å²) in [6, 6.07) is 13.4. The summed E-state index contributed by atoms with van der Waals surface area (Å²) in [4.78, 5) is 24.3. The summed E-state index contributed by atoms with van der Waals surface area (Å²) in [5.74, 6) is -0.407. The molecule has 0 radical (unpaired) electrons. The molecule has 1 aliphatic heterocycles. The van der Waals surface area contributed by atoms with E-state index in [-0.39, 0.29) is 11.8 Å². The average Bonchev–Trinajstić information content (AvgIpc) is 2.73. The van der Waals surface area contributed by atoms with Crippen LogP contribution >= 0.6 is 0 Å². The van der Waals surface area contributed by atoms with Crippen LogP contribution in [0.4, 0.5) is 5.69 Å². The van der Waals surface area contributed by atoms with Crippen LogP contribution in [0.2, 0.25) is 0 Å². The van der Waals surface area contributed by atoms with E-state index in [4.69, 9.17) is 4.42 Å². The highest BCUT2D eigenvalue weighted by Gasteiger charge is 2.32. The van der Waals surface area contributed by atoms with Gasteiger partial charge in [-0.3, -0.25) is 4.79 Å². The molecule has 3 aromatic rings. The Morgan fingerprint density at radius 1 is 1.03 bits per heavy atom. The monoisotopic (exact) mass is 440 g/mol. The summed E-state index contributed by atoms with van der Waals surface area (Å²) in [5.41, 5.74) is 2.38. The van der Waals surface area contributed by atoms with E-state index in [9.17, 15) is 18.0 Å². The van der Waals surface area contributed by atoms with Crippen LogP contribution < -0.4 is 10.9 Å². The molecule has 8 heteroatoms. The summed E-state index contributed by atoms with van der Waals surface area (Å²) < 4.78 is 32.6. The molecule has 1 fully saturated rings. The first-order valence-corrected chi connectivity index (χ1v) is 11.6. The van der Waals surface area contributed by atoms with Gasteiger partial charge in [-0.1, -0.05) is 17.7 Å². The standard InChI is InChI=1S/C23H24N2O5S/c1-15-3-7-21(16(2)13-15)31(28,29)25-11-9-17(10-12-25)23(27)24-19-5-6-20-18(14-19)4-8-22(26)30-20/h3-8,13-14,17H,9-12H2,1-2H3,(H,24,27). The Labute approximate surface area is 180 Å². The molecule has 1 amide bonds. The van der Waals surface area contributed by atoms with Crippen LogP contribution in [0.5, 0.6) is 0 Å². The van der Waals surface area contributed by atoms with E-state index in [0.29, 0.717) is 47.5 Å². The molecular formula is C23H24N2O5S. The highest BCUT2D eigenvalue weighted by Crippen LogP contribution is 2.27. The number of sulfonamides is 1. The first-order chi connectivity index (χ1) is 14.7. The lowest BCUT2D eigenvalue weighted by Crippen LogP contribution is -2.41. The van der Waals surface area contributed by atoms with E-state index in [1.165, 1.54) is 10.4 Å². The second kappa shape index (κ2) is 8.28. The number of rotatable bonds is 4. The van der Waals surface area contributed by atoms with Crippen molar-refractivity contribution in [2.24, 2.45) is 5.92 Å². The van der Waals surface area contributed by atoms with Gasteiger partial charge in [-0.15, -0.1) is 0 Å². The number of hydrogen-bond donors (Lipinski definition) is 1. The number of fused-ring (bicyclic) bond motifs is 1. The van der Waals surface area contributed by atoms with Crippen molar-refractivity contribution in [3.05, 3.63) is 70.1 Å². The highest BCUT2D eigenvalue weighted by molar-refractivity contribution is 7.89. The van der Waals surface area contributed by atoms with Crippen molar-refractivity contribution < 1.29 is 17.6 Å². The SMILES string of the molecule is Cc1ccc(S(=O)(=O)N2CCC(C(=O)Nc3ccc4oc(=O)ccc4c3)CC2)c(C)c1. The van der Waals surface area contributed by atoms with Crippen molar-refractivity contribution >= 4 is 32.6 Å². The molecule has 1 saturated heterocycles. The fourth-order valence-corrected chi connectivity index (χ4v) is 5.66. The molecular weight excluding hydrogens is 416 g/mol. The van der Waals surface area contributed by atoms with Gasteiger partial charge in [0, 0.05) is 36.1 Å². The minimum Gasteiger partial charge on any atom is -0.423 e. The largest absolute Gasteiger partial charge is 0.423 e. The fourth-order valence-electron chi connectivity index (χ4n) is 3.98. The van der Waals surface area contributed by atoms with Gasteiger partial charge in [-0.2, -0.15) is 4.31 Å². The Hall–Kier alpha value is -2.97. The summed E-state index contributed by atoms with van der Waals surface area (Å²) in [6.07, 6.45) is 0.914. The summed E-state index contributed by atoms with van der Waals surface area (Å²) in [5, 5.41) is 3.61. The van der Waals surface area contributed by atoms with Crippen molar-refractivity contribution in [1.82, 2.24) is 4.31 Å². The third-order valence-corrected chi connectivity index (χ3v) is 7.72. The number of amides is 1. The van der Waals surface area contributed by atoms with Crippen molar-refractivity contribution in [2.45, 2.75) is 31.6 Å². The second-order valence-electron chi connectivity index (χ2n) is 7.94. The number of hydrogen-bond acceptors (Lipinski definition) is 5. The van der Waals surface area contributed by atoms with Crippen LogP contribution in [0.15, 0.2) is 62.6 Å². The van der Waals surface area contributed by atoms with Gasteiger partial charge in [0.1, 0.15) is 5.58 Å². The van der Waals surface area contributed by atoms with Crippen LogP contribution in [0.25, 0.3) is 11.0 Å². The third kappa shape index (κ3) is 4.40. The minimum atomic E-state index is -3.58. The van der Waals surface area contributed by atoms with Crippen molar-refractivity contribution in [3.8, 4) is 0 Å². The zero-order valence-electron chi connectivity index (χ0n) is 17.4. The predicted molar refractivity (Wildman–Crippen MR) is 119 cm³/mol. The lowest BCUT2D eigenvalue weighted by Gasteiger charge is -2.31. The molecule has 0 spiro atoms. The molecule has 162 valence electrons. The van der Waals surface area contributed by atoms with Gasteiger partial charge >= 0.3 is 5.63 Å². The van der Waals surface area contributed by atoms with E-state index in [1.807, 2.05) is 13.0 Å². The van der Waals surface area contributed by atoms with Gasteiger partial charge in [0.25, 0.3) is 0 Å². The lowest BCUT2D eigenvalue weighted by atomic mass is 9.97. The molecule has 0 atom stereocenters. The highest BCUT2D eigenvalue weighted by atomic mass is 32.2. The van der Waals surface area contributed by atoms with Crippen LogP contribution in [-0.2, 0) is 14.8 Å². The third-order valence-electron chi connectivity index (χ3n) is 5.66. The normalized spacial score (nSPS) is 15.8. The van der Waals surface area contributed by atoms with Crippen LogP contribution in [0, 0.1) is 19.8 Å². The molecule has 2 heterocycles. The molecule has 0 aliphatic carbocycles. The first-order valence-electron chi connectivity index (χ1n) is 10.2. The zero-order chi connectivity index (χ0) is 22.2. The number of nitrogens with zero attached hydrogens (tertiary/aromatic N) is 1. The second-order valence-corrected chi connectivity index (χ2v) is 9.85. The number of carbonyl (C=O) groups is 1. The van der Waals surface area contributed by atoms with E-state index in [1.54, 1.807) is 43.3 Å². The van der Waals surface area contributed by atoms with Gasteiger partial charge < -0.3 is 9.73 Å². The topological polar surface area (TPSA) is 96.7 Å². The molecule has 1 aliphatic rings. The molecule has 0 saturated carbocycles. The number of carbonyl (C=O) groups excluding carboxylic acids is 1. The Kier molecular flexibility index (Phi) is 5.68. The fraction of sp³-hybridized carbons (Fsp3) is 0.304. The van der Waals surface area contributed by atoms with E-state index in [0.717, 1.165) is 11.1 Å². The number of benzene rings is 2. The van der Waals surface area contributed by atoms with Gasteiger partial charge in [0.2, 0.25) is 15.9 Å². The van der Waals surface area contributed by atoms with Crippen LogP contribution in [-0.4, -0.2) is 31.7 Å². The maximum atomic E-state index is 13.0. The van der Waals surface area contributed by atoms with Gasteiger partial charge in [-0.05, 0) is 62.6 Å². The number of aryl methyl sites for hydroxylation is 2. The van der Waals surface area contributed by atoms with Crippen LogP contribution in [0.1, 0.15) is 24.0 Å². The molecule has 0 bridgehead atoms. The number of piperidine rings is 1. The Morgan fingerprint density at radius 3 is 2.48 bits per heavy atom. The molecule has 4 rings (SSSR count). The predicted octanol–water partition coefficient (Wildman–Crippen LogP) is 3.45. The lowest BCUT2D eigenvalue weighted by molar-refractivity contribution is -0.120. The summed E-state index contributed by atoms with van der Waals surface area (Å²) in [6.45, 7) is 4.33. The van der Waals surface area contributed by atoms with Crippen LogP contribution in [0.3, 0.4) is 0 Å². The maximum Gasteiger partial charge on any atom is 0.336 e. The van der Waals surface area contributed by atoms with E-state index >= 15 is 0 Å². The van der Waals surface area contributed by atoms with Gasteiger partial charge in [0.15, 0.2) is 0 Å². The van der Waals surface area contributed by atoms with Crippen molar-refractivity contribution in [1.29, 1.82) is 0 Å². The minimum absolute atomic E-state index is 0.139. The average molecular weight is 441 g/mol. The Morgan fingerprint density at radius 2 is 1.77 bits per heavy atom. The Balaban J connectivity index is 1.42. The quantitative estimate of drug-likeness (QED) is 0.627. The molecule has 1 N–H and O–H groups in total. The molecule has 0 unspecified atom stereocenters. The molecule has 1 aromatic heterocycles. The van der Waals surface area contributed by atoms with Gasteiger partial charge in [-0.25, -0.2) is 13.2 Å². The number of nitrogens with one attached hydrogen (secondary N) is 1. The zero-order valence-corrected chi connectivity index (χ0v) is 18.2. The molecule has 2 aromatic carbocycles. The Bertz CT molecular complexity index is 1310.